The van der Waals surface area contributed by atoms with E-state index in [1.54, 1.807) is 0 Å². The van der Waals surface area contributed by atoms with Crippen molar-refractivity contribution in [3.63, 3.8) is 0 Å². The van der Waals surface area contributed by atoms with Gasteiger partial charge in [-0.1, -0.05) is 30.4 Å². The second-order valence-corrected chi connectivity index (χ2v) is 4.05. The lowest BCUT2D eigenvalue weighted by molar-refractivity contribution is 0.449. The van der Waals surface area contributed by atoms with Crippen LogP contribution in [-0.2, 0) is 0 Å². The van der Waals surface area contributed by atoms with Crippen LogP contribution in [0.3, 0.4) is 0 Å². The lowest BCUT2D eigenvalue weighted by atomic mass is 10.1. The zero-order valence-corrected chi connectivity index (χ0v) is 8.09. The Morgan fingerprint density at radius 3 is 2.33 bits per heavy atom. The molecule has 0 aromatic rings. The summed E-state index contributed by atoms with van der Waals surface area (Å²) in [6.07, 6.45) is 10.5. The molecule has 12 heavy (non-hydrogen) atoms. The molecule has 0 atom stereocenters. The van der Waals surface area contributed by atoms with Crippen molar-refractivity contribution < 1.29 is 0 Å². The largest absolute Gasteiger partial charge is 0.309 e. The summed E-state index contributed by atoms with van der Waals surface area (Å²) in [6, 6.07) is 0. The Balaban J connectivity index is 2.30. The summed E-state index contributed by atoms with van der Waals surface area (Å²) in [7, 11) is 0. The lowest BCUT2D eigenvalue weighted by Gasteiger charge is -2.19. The average molecular weight is 163 g/mol. The molecule has 0 radical (unpaired) electrons. The average Bonchev–Trinajstić information content (AvgIpc) is 2.36. The van der Waals surface area contributed by atoms with Gasteiger partial charge in [0.25, 0.3) is 0 Å². The number of nitrogens with one attached hydrogen (secondary N) is 1. The molecule has 0 heterocycles. The first-order chi connectivity index (χ1) is 5.58. The molecule has 66 valence electrons. The van der Waals surface area contributed by atoms with Gasteiger partial charge in [0.05, 0.1) is 0 Å². The van der Waals surface area contributed by atoms with E-state index in [0.29, 0.717) is 0 Å². The molecule has 1 nitrogen and oxygen atoms in total. The second kappa shape index (κ2) is 3.72. The van der Waals surface area contributed by atoms with E-state index in [1.807, 2.05) is 0 Å². The molecule has 0 spiro atoms. The van der Waals surface area contributed by atoms with Gasteiger partial charge in [-0.3, -0.25) is 0 Å². The highest BCUT2D eigenvalue weighted by Crippen LogP contribution is 2.06. The van der Waals surface area contributed by atoms with Crippen LogP contribution in [0.1, 0.15) is 20.8 Å². The van der Waals surface area contributed by atoms with E-state index < -0.39 is 0 Å². The van der Waals surface area contributed by atoms with Gasteiger partial charge in [0.1, 0.15) is 0 Å². The van der Waals surface area contributed by atoms with Crippen LogP contribution in [0.4, 0.5) is 0 Å². The molecule has 0 bridgehead atoms. The molecule has 0 fully saturated rings. The number of hydrogen-bond acceptors (Lipinski definition) is 1. The van der Waals surface area contributed by atoms with E-state index in [9.17, 15) is 0 Å². The van der Waals surface area contributed by atoms with Crippen LogP contribution in [0.15, 0.2) is 36.0 Å². The fourth-order valence-corrected chi connectivity index (χ4v) is 1.00. The fraction of sp³-hybridized carbons (Fsp3) is 0.455. The van der Waals surface area contributed by atoms with E-state index in [1.165, 1.54) is 5.57 Å². The first kappa shape index (κ1) is 9.27. The van der Waals surface area contributed by atoms with Crippen molar-refractivity contribution in [2.75, 3.05) is 6.54 Å². The Morgan fingerprint density at radius 2 is 1.83 bits per heavy atom. The third-order valence-corrected chi connectivity index (χ3v) is 1.66. The predicted octanol–water partition coefficient (Wildman–Crippen LogP) is 2.43. The van der Waals surface area contributed by atoms with Crippen LogP contribution in [0.5, 0.6) is 0 Å². The molecule has 0 amide bonds. The quantitative estimate of drug-likeness (QED) is 0.659. The van der Waals surface area contributed by atoms with E-state index in [-0.39, 0.29) is 5.54 Å². The summed E-state index contributed by atoms with van der Waals surface area (Å²) in [4.78, 5) is 0. The molecular weight excluding hydrogens is 146 g/mol. The standard InChI is InChI=1S/C11H17N/c1-11(2,3)12-9-8-10-6-4-5-7-10/h4-8,12H,9H2,1-3H3. The van der Waals surface area contributed by atoms with Crippen molar-refractivity contribution in [3.05, 3.63) is 36.0 Å². The maximum absolute atomic E-state index is 3.40. The lowest BCUT2D eigenvalue weighted by Crippen LogP contribution is -2.35. The highest BCUT2D eigenvalue weighted by molar-refractivity contribution is 5.39. The summed E-state index contributed by atoms with van der Waals surface area (Å²) < 4.78 is 0. The Labute approximate surface area is 74.9 Å². The predicted molar refractivity (Wildman–Crippen MR) is 54.1 cm³/mol. The van der Waals surface area contributed by atoms with Crippen molar-refractivity contribution in [1.29, 1.82) is 0 Å². The molecule has 1 aliphatic carbocycles. The molecular formula is C11H17N. The van der Waals surface area contributed by atoms with Gasteiger partial charge in [-0.2, -0.15) is 0 Å². The van der Waals surface area contributed by atoms with Gasteiger partial charge in [0.15, 0.2) is 0 Å². The SMILES string of the molecule is CC(C)(C)NCC=C1C=CC=C1. The van der Waals surface area contributed by atoms with Gasteiger partial charge < -0.3 is 5.32 Å². The number of hydrogen-bond donors (Lipinski definition) is 1. The minimum absolute atomic E-state index is 0.211. The maximum Gasteiger partial charge on any atom is 0.0148 e. The Kier molecular flexibility index (Phi) is 2.88. The van der Waals surface area contributed by atoms with Gasteiger partial charge in [0, 0.05) is 12.1 Å². The van der Waals surface area contributed by atoms with Crippen molar-refractivity contribution in [2.24, 2.45) is 0 Å². The molecule has 1 N–H and O–H groups in total. The summed E-state index contributed by atoms with van der Waals surface area (Å²) in [5, 5.41) is 3.40. The number of allylic oxidation sites excluding steroid dienone is 5. The first-order valence-electron chi connectivity index (χ1n) is 4.38. The minimum Gasteiger partial charge on any atom is -0.309 e. The molecule has 1 aliphatic rings. The van der Waals surface area contributed by atoms with Crippen LogP contribution < -0.4 is 5.32 Å². The molecule has 0 aromatic carbocycles. The van der Waals surface area contributed by atoms with E-state index in [2.05, 4.69) is 56.5 Å². The van der Waals surface area contributed by atoms with Crippen molar-refractivity contribution in [3.8, 4) is 0 Å². The van der Waals surface area contributed by atoms with Gasteiger partial charge in [-0.05, 0) is 26.3 Å². The zero-order chi connectivity index (χ0) is 9.03. The summed E-state index contributed by atoms with van der Waals surface area (Å²) >= 11 is 0. The first-order valence-corrected chi connectivity index (χ1v) is 4.38. The van der Waals surface area contributed by atoms with Gasteiger partial charge >= 0.3 is 0 Å². The minimum atomic E-state index is 0.211. The Hall–Kier alpha value is -0.820. The normalized spacial score (nSPS) is 15.8. The van der Waals surface area contributed by atoms with Gasteiger partial charge in [-0.25, -0.2) is 0 Å². The molecule has 0 unspecified atom stereocenters. The highest BCUT2D eigenvalue weighted by Gasteiger charge is 2.06. The fourth-order valence-electron chi connectivity index (χ4n) is 1.00. The smallest absolute Gasteiger partial charge is 0.0148 e. The summed E-state index contributed by atoms with van der Waals surface area (Å²) in [5.41, 5.74) is 1.51. The molecule has 0 saturated heterocycles. The summed E-state index contributed by atoms with van der Waals surface area (Å²) in [5.74, 6) is 0. The molecule has 1 rings (SSSR count). The molecule has 1 heteroatoms. The van der Waals surface area contributed by atoms with Crippen LogP contribution in [0.2, 0.25) is 0 Å². The van der Waals surface area contributed by atoms with E-state index in [4.69, 9.17) is 0 Å². The molecule has 0 aromatic heterocycles. The monoisotopic (exact) mass is 163 g/mol. The van der Waals surface area contributed by atoms with Crippen molar-refractivity contribution in [1.82, 2.24) is 5.32 Å². The van der Waals surface area contributed by atoms with E-state index in [0.717, 1.165) is 6.54 Å². The molecule has 0 aliphatic heterocycles. The maximum atomic E-state index is 3.40. The van der Waals surface area contributed by atoms with Crippen LogP contribution >= 0.6 is 0 Å². The van der Waals surface area contributed by atoms with Crippen molar-refractivity contribution in [2.45, 2.75) is 26.3 Å². The zero-order valence-electron chi connectivity index (χ0n) is 8.09. The Morgan fingerprint density at radius 1 is 1.25 bits per heavy atom. The summed E-state index contributed by atoms with van der Waals surface area (Å²) in [6.45, 7) is 7.46. The Bertz CT molecular complexity index is 212. The van der Waals surface area contributed by atoms with Crippen LogP contribution in [0.25, 0.3) is 0 Å². The topological polar surface area (TPSA) is 12.0 Å². The van der Waals surface area contributed by atoms with Gasteiger partial charge in [0.2, 0.25) is 0 Å². The molecule has 0 saturated carbocycles. The van der Waals surface area contributed by atoms with Crippen LogP contribution in [0, 0.1) is 0 Å². The van der Waals surface area contributed by atoms with Crippen LogP contribution in [-0.4, -0.2) is 12.1 Å². The third kappa shape index (κ3) is 3.54. The van der Waals surface area contributed by atoms with E-state index >= 15 is 0 Å². The van der Waals surface area contributed by atoms with Gasteiger partial charge in [-0.15, -0.1) is 0 Å². The highest BCUT2D eigenvalue weighted by atomic mass is 14.9. The van der Waals surface area contributed by atoms with Crippen molar-refractivity contribution >= 4 is 0 Å². The third-order valence-electron chi connectivity index (χ3n) is 1.66. The second-order valence-electron chi connectivity index (χ2n) is 4.05. The number of rotatable bonds is 2.